The molecule has 0 fully saturated rings. The minimum Gasteiger partial charge on any atom is -0.462 e. The zero-order valence-electron chi connectivity index (χ0n) is 12.4. The molecule has 0 heterocycles. The average Bonchev–Trinajstić information content (AvgIpc) is 2.43. The van der Waals surface area contributed by atoms with Crippen LogP contribution >= 0.6 is 12.4 Å². The van der Waals surface area contributed by atoms with Gasteiger partial charge >= 0.3 is 5.97 Å². The third-order valence-electron chi connectivity index (χ3n) is 2.54. The fraction of sp³-hybridized carbons (Fsp3) is 0.462. The Kier molecular flexibility index (Phi) is 9.19. The molecule has 0 radical (unpaired) electrons. The van der Waals surface area contributed by atoms with Crippen LogP contribution in [-0.2, 0) is 14.8 Å². The quantitative estimate of drug-likeness (QED) is 0.543. The van der Waals surface area contributed by atoms with Gasteiger partial charge in [-0.2, -0.15) is 0 Å². The Morgan fingerprint density at radius 3 is 2.50 bits per heavy atom. The van der Waals surface area contributed by atoms with E-state index in [2.05, 4.69) is 10.0 Å². The van der Waals surface area contributed by atoms with Gasteiger partial charge in [-0.15, -0.1) is 12.4 Å². The van der Waals surface area contributed by atoms with Crippen molar-refractivity contribution < 1.29 is 22.3 Å². The van der Waals surface area contributed by atoms with Crippen LogP contribution in [0.1, 0.15) is 24.2 Å². The van der Waals surface area contributed by atoms with Crippen LogP contribution in [0.15, 0.2) is 23.1 Å². The molecule has 0 aliphatic carbocycles. The number of halogens is 2. The van der Waals surface area contributed by atoms with Crippen molar-refractivity contribution in [2.75, 3.05) is 26.2 Å². The van der Waals surface area contributed by atoms with E-state index in [1.165, 1.54) is 0 Å². The van der Waals surface area contributed by atoms with Crippen LogP contribution in [0, 0.1) is 5.82 Å². The molecule has 1 rings (SSSR count). The first-order valence-corrected chi connectivity index (χ1v) is 8.07. The maximum Gasteiger partial charge on any atom is 0.338 e. The third kappa shape index (κ3) is 6.27. The summed E-state index contributed by atoms with van der Waals surface area (Å²) in [5, 5.41) is 2.95. The second kappa shape index (κ2) is 9.73. The highest BCUT2D eigenvalue weighted by atomic mass is 35.5. The van der Waals surface area contributed by atoms with E-state index in [-0.39, 0.29) is 36.0 Å². The van der Waals surface area contributed by atoms with Crippen molar-refractivity contribution >= 4 is 28.4 Å². The van der Waals surface area contributed by atoms with Gasteiger partial charge in [-0.05, 0) is 31.7 Å². The summed E-state index contributed by atoms with van der Waals surface area (Å²) in [6.45, 7) is 4.97. The molecule has 0 saturated heterocycles. The van der Waals surface area contributed by atoms with E-state index in [0.717, 1.165) is 18.2 Å². The number of carbonyl (C=O) groups is 1. The Balaban J connectivity index is 0.00000441. The zero-order chi connectivity index (χ0) is 15.9. The number of likely N-dealkylation sites (N-methyl/N-ethyl adjacent to an activating group) is 1. The van der Waals surface area contributed by atoms with Gasteiger partial charge in [0.05, 0.1) is 17.1 Å². The summed E-state index contributed by atoms with van der Waals surface area (Å²) in [6, 6.07) is 2.89. The SMILES string of the molecule is CCNCCNS(=O)(=O)c1cc(F)cc(C(=O)OCC)c1.Cl. The van der Waals surface area contributed by atoms with Crippen molar-refractivity contribution in [3.05, 3.63) is 29.6 Å². The van der Waals surface area contributed by atoms with Gasteiger partial charge in [0.15, 0.2) is 0 Å². The van der Waals surface area contributed by atoms with Gasteiger partial charge in [-0.1, -0.05) is 6.92 Å². The molecule has 2 N–H and O–H groups in total. The van der Waals surface area contributed by atoms with Crippen LogP contribution in [-0.4, -0.2) is 40.6 Å². The molecule has 1 aromatic carbocycles. The lowest BCUT2D eigenvalue weighted by molar-refractivity contribution is 0.0525. The Hall–Kier alpha value is -1.22. The van der Waals surface area contributed by atoms with E-state index < -0.39 is 21.8 Å². The normalized spacial score (nSPS) is 10.9. The number of benzene rings is 1. The predicted molar refractivity (Wildman–Crippen MR) is 83.3 cm³/mol. The van der Waals surface area contributed by atoms with Gasteiger partial charge in [-0.25, -0.2) is 22.3 Å². The van der Waals surface area contributed by atoms with E-state index in [0.29, 0.717) is 13.1 Å². The van der Waals surface area contributed by atoms with Gasteiger partial charge < -0.3 is 10.1 Å². The number of rotatable bonds is 8. The second-order valence-corrected chi connectivity index (χ2v) is 5.91. The van der Waals surface area contributed by atoms with E-state index in [1.807, 2.05) is 6.92 Å². The first-order valence-electron chi connectivity index (χ1n) is 6.58. The highest BCUT2D eigenvalue weighted by molar-refractivity contribution is 7.89. The van der Waals surface area contributed by atoms with E-state index in [1.54, 1.807) is 6.92 Å². The minimum absolute atomic E-state index is 0. The van der Waals surface area contributed by atoms with Crippen molar-refractivity contribution in [1.82, 2.24) is 10.0 Å². The fourth-order valence-corrected chi connectivity index (χ4v) is 2.67. The molecular weight excluding hydrogens is 335 g/mol. The average molecular weight is 355 g/mol. The molecule has 0 aliphatic rings. The van der Waals surface area contributed by atoms with Crippen molar-refractivity contribution in [3.8, 4) is 0 Å². The van der Waals surface area contributed by atoms with Gasteiger partial charge in [0, 0.05) is 13.1 Å². The number of hydrogen-bond acceptors (Lipinski definition) is 5. The van der Waals surface area contributed by atoms with Crippen molar-refractivity contribution in [2.45, 2.75) is 18.7 Å². The smallest absolute Gasteiger partial charge is 0.338 e. The first-order chi connectivity index (χ1) is 9.90. The molecule has 22 heavy (non-hydrogen) atoms. The van der Waals surface area contributed by atoms with Crippen LogP contribution in [0.2, 0.25) is 0 Å². The number of ether oxygens (including phenoxy) is 1. The Labute approximate surface area is 135 Å². The summed E-state index contributed by atoms with van der Waals surface area (Å²) in [6.07, 6.45) is 0. The van der Waals surface area contributed by atoms with Gasteiger partial charge in [0.1, 0.15) is 5.82 Å². The predicted octanol–water partition coefficient (Wildman–Crippen LogP) is 1.31. The maximum atomic E-state index is 13.5. The van der Waals surface area contributed by atoms with Crippen molar-refractivity contribution in [2.24, 2.45) is 0 Å². The Morgan fingerprint density at radius 2 is 1.91 bits per heavy atom. The van der Waals surface area contributed by atoms with Crippen molar-refractivity contribution in [3.63, 3.8) is 0 Å². The molecular formula is C13H20ClFN2O4S. The second-order valence-electron chi connectivity index (χ2n) is 4.15. The van der Waals surface area contributed by atoms with Crippen LogP contribution in [0.25, 0.3) is 0 Å². The number of sulfonamides is 1. The lowest BCUT2D eigenvalue weighted by Crippen LogP contribution is -2.32. The monoisotopic (exact) mass is 354 g/mol. The highest BCUT2D eigenvalue weighted by Gasteiger charge is 2.18. The molecule has 0 aliphatic heterocycles. The molecule has 0 amide bonds. The molecule has 126 valence electrons. The number of nitrogens with one attached hydrogen (secondary N) is 2. The summed E-state index contributed by atoms with van der Waals surface area (Å²) in [5.74, 6) is -1.58. The zero-order valence-corrected chi connectivity index (χ0v) is 14.0. The van der Waals surface area contributed by atoms with E-state index in [4.69, 9.17) is 4.74 Å². The van der Waals surface area contributed by atoms with Crippen LogP contribution < -0.4 is 10.0 Å². The topological polar surface area (TPSA) is 84.5 Å². The van der Waals surface area contributed by atoms with E-state index >= 15 is 0 Å². The first kappa shape index (κ1) is 20.8. The van der Waals surface area contributed by atoms with Gasteiger partial charge in [0.25, 0.3) is 0 Å². The molecule has 0 unspecified atom stereocenters. The highest BCUT2D eigenvalue weighted by Crippen LogP contribution is 2.15. The number of carbonyl (C=O) groups excluding carboxylic acids is 1. The van der Waals surface area contributed by atoms with Crippen LogP contribution in [0.3, 0.4) is 0 Å². The largest absolute Gasteiger partial charge is 0.462 e. The van der Waals surface area contributed by atoms with E-state index in [9.17, 15) is 17.6 Å². The molecule has 0 saturated carbocycles. The summed E-state index contributed by atoms with van der Waals surface area (Å²) in [4.78, 5) is 11.3. The maximum absolute atomic E-state index is 13.5. The van der Waals surface area contributed by atoms with Gasteiger partial charge in [-0.3, -0.25) is 0 Å². The summed E-state index contributed by atoms with van der Waals surface area (Å²) >= 11 is 0. The minimum atomic E-state index is -3.87. The molecule has 1 aromatic rings. The third-order valence-corrected chi connectivity index (χ3v) is 3.98. The molecule has 9 heteroatoms. The molecule has 0 spiro atoms. The lowest BCUT2D eigenvalue weighted by atomic mass is 10.2. The molecule has 6 nitrogen and oxygen atoms in total. The summed E-state index contributed by atoms with van der Waals surface area (Å²) < 4.78 is 44.6. The van der Waals surface area contributed by atoms with Crippen LogP contribution in [0.4, 0.5) is 4.39 Å². The van der Waals surface area contributed by atoms with Crippen LogP contribution in [0.5, 0.6) is 0 Å². The lowest BCUT2D eigenvalue weighted by Gasteiger charge is -2.09. The fourth-order valence-electron chi connectivity index (χ4n) is 1.58. The Bertz CT molecular complexity index is 596. The van der Waals surface area contributed by atoms with Gasteiger partial charge in [0.2, 0.25) is 10.0 Å². The number of hydrogen-bond donors (Lipinski definition) is 2. The standard InChI is InChI=1S/C13H19FN2O4S.ClH/c1-3-15-5-6-16-21(18,19)12-8-10(7-11(14)9-12)13(17)20-4-2;/h7-9,15-16H,3-6H2,1-2H3;1H. The molecule has 0 atom stereocenters. The molecule has 0 bridgehead atoms. The summed E-state index contributed by atoms with van der Waals surface area (Å²) in [7, 11) is -3.87. The number of esters is 1. The molecule has 0 aromatic heterocycles. The van der Waals surface area contributed by atoms with Crippen molar-refractivity contribution in [1.29, 1.82) is 0 Å². The summed E-state index contributed by atoms with van der Waals surface area (Å²) in [5.41, 5.74) is -0.135. The Morgan fingerprint density at radius 1 is 1.23 bits per heavy atom.